The van der Waals surface area contributed by atoms with Crippen LogP contribution in [0.2, 0.25) is 0 Å². The predicted molar refractivity (Wildman–Crippen MR) is 155 cm³/mol. The van der Waals surface area contributed by atoms with Crippen LogP contribution in [0.3, 0.4) is 0 Å². The molecule has 1 aliphatic rings. The lowest BCUT2D eigenvalue weighted by Crippen LogP contribution is -2.38. The molecule has 39 heavy (non-hydrogen) atoms. The van der Waals surface area contributed by atoms with E-state index in [1.807, 2.05) is 37.8 Å². The summed E-state index contributed by atoms with van der Waals surface area (Å²) in [6.45, 7) is 14.6. The average Bonchev–Trinajstić information content (AvgIpc) is 3.28. The molecule has 216 valence electrons. The third-order valence-electron chi connectivity index (χ3n) is 7.13. The van der Waals surface area contributed by atoms with Gasteiger partial charge in [0.05, 0.1) is 13.7 Å². The number of ether oxygens (including phenoxy) is 4. The van der Waals surface area contributed by atoms with Crippen LogP contribution >= 0.6 is 0 Å². The van der Waals surface area contributed by atoms with Crippen LogP contribution < -0.4 is 9.47 Å². The molecule has 2 atom stereocenters. The zero-order valence-corrected chi connectivity index (χ0v) is 24.9. The summed E-state index contributed by atoms with van der Waals surface area (Å²) in [7, 11) is 3.37. The molecule has 0 unspecified atom stereocenters. The van der Waals surface area contributed by atoms with E-state index >= 15 is 0 Å². The molecule has 0 radical (unpaired) electrons. The summed E-state index contributed by atoms with van der Waals surface area (Å²) in [5.74, 6) is 2.19. The third-order valence-corrected chi connectivity index (χ3v) is 7.13. The van der Waals surface area contributed by atoms with Gasteiger partial charge in [0.25, 0.3) is 0 Å². The van der Waals surface area contributed by atoms with Crippen molar-refractivity contribution >= 4 is 6.09 Å². The van der Waals surface area contributed by atoms with Crippen molar-refractivity contribution in [2.45, 2.75) is 65.6 Å². The number of amides is 1. The number of carbonyl (C=O) groups excluding carboxylic acids is 1. The van der Waals surface area contributed by atoms with Crippen molar-refractivity contribution < 1.29 is 23.7 Å². The largest absolute Gasteiger partial charge is 0.493 e. The van der Waals surface area contributed by atoms with Crippen LogP contribution in [0.4, 0.5) is 4.79 Å². The first kappa shape index (κ1) is 30.8. The summed E-state index contributed by atoms with van der Waals surface area (Å²) >= 11 is 0. The highest BCUT2D eigenvalue weighted by atomic mass is 16.6. The number of hydrogen-bond acceptors (Lipinski definition) is 6. The van der Waals surface area contributed by atoms with Crippen LogP contribution in [0.1, 0.15) is 52.2 Å². The standard InChI is InChI=1S/C32H48N2O5/c1-24(2)33(20-26-14-15-29(37-7)30(19-26)38-17-11-16-36-6)22-28-23-34(31(35)39-32(3,4)5)21-27(28)18-25-12-9-8-10-13-25/h8-10,12-15,19,24,27-28H,11,16-18,20-23H2,1-7H3/t27-,28-/m1/s1. The predicted octanol–water partition coefficient (Wildman–Crippen LogP) is 6.05. The summed E-state index contributed by atoms with van der Waals surface area (Å²) in [6.07, 6.45) is 1.55. The van der Waals surface area contributed by atoms with E-state index in [1.165, 1.54) is 11.1 Å². The summed E-state index contributed by atoms with van der Waals surface area (Å²) in [4.78, 5) is 17.4. The fraction of sp³-hybridized carbons (Fsp3) is 0.594. The molecule has 2 aromatic rings. The zero-order valence-electron chi connectivity index (χ0n) is 24.9. The van der Waals surface area contributed by atoms with Crippen molar-refractivity contribution in [2.24, 2.45) is 11.8 Å². The van der Waals surface area contributed by atoms with Gasteiger partial charge in [-0.05, 0) is 76.1 Å². The molecule has 0 bridgehead atoms. The maximum atomic E-state index is 13.0. The molecule has 2 aromatic carbocycles. The summed E-state index contributed by atoms with van der Waals surface area (Å²) in [6, 6.07) is 17.1. The second-order valence-electron chi connectivity index (χ2n) is 11.8. The molecule has 0 saturated carbocycles. The van der Waals surface area contributed by atoms with Gasteiger partial charge in [0, 0.05) is 52.4 Å². The number of likely N-dealkylation sites (tertiary alicyclic amines) is 1. The normalized spacial score (nSPS) is 17.6. The Labute approximate surface area is 235 Å². The van der Waals surface area contributed by atoms with E-state index in [2.05, 4.69) is 55.1 Å². The quantitative estimate of drug-likeness (QED) is 0.289. The molecule has 0 N–H and O–H groups in total. The van der Waals surface area contributed by atoms with Crippen molar-refractivity contribution in [1.29, 1.82) is 0 Å². The van der Waals surface area contributed by atoms with Crippen molar-refractivity contribution in [3.8, 4) is 11.5 Å². The van der Waals surface area contributed by atoms with Gasteiger partial charge < -0.3 is 23.8 Å². The second-order valence-corrected chi connectivity index (χ2v) is 11.8. The van der Waals surface area contributed by atoms with E-state index in [-0.39, 0.29) is 6.09 Å². The van der Waals surface area contributed by atoms with Crippen molar-refractivity contribution in [1.82, 2.24) is 9.80 Å². The lowest BCUT2D eigenvalue weighted by atomic mass is 9.89. The van der Waals surface area contributed by atoms with Gasteiger partial charge in [0.1, 0.15) is 5.60 Å². The summed E-state index contributed by atoms with van der Waals surface area (Å²) in [5, 5.41) is 0. The molecule has 7 heteroatoms. The molecule has 1 heterocycles. The van der Waals surface area contributed by atoms with E-state index in [0.29, 0.717) is 44.2 Å². The van der Waals surface area contributed by atoms with Crippen molar-refractivity contribution in [2.75, 3.05) is 47.1 Å². The Balaban J connectivity index is 1.75. The molecule has 1 saturated heterocycles. The highest BCUT2D eigenvalue weighted by Gasteiger charge is 2.38. The molecular weight excluding hydrogens is 492 g/mol. The average molecular weight is 541 g/mol. The Hall–Kier alpha value is -2.77. The minimum Gasteiger partial charge on any atom is -0.493 e. The lowest BCUT2D eigenvalue weighted by molar-refractivity contribution is 0.0281. The minimum atomic E-state index is -0.508. The molecule has 0 aliphatic carbocycles. The summed E-state index contributed by atoms with van der Waals surface area (Å²) in [5.41, 5.74) is 1.97. The lowest BCUT2D eigenvalue weighted by Gasteiger charge is -2.31. The minimum absolute atomic E-state index is 0.218. The van der Waals surface area contributed by atoms with Crippen molar-refractivity contribution in [3.63, 3.8) is 0 Å². The van der Waals surface area contributed by atoms with Crippen LogP contribution in [-0.4, -0.2) is 74.6 Å². The van der Waals surface area contributed by atoms with Crippen LogP contribution in [0.5, 0.6) is 11.5 Å². The molecule has 1 amide bonds. The summed E-state index contributed by atoms with van der Waals surface area (Å²) < 4.78 is 22.4. The Morgan fingerprint density at radius 2 is 1.69 bits per heavy atom. The van der Waals surface area contributed by atoms with Gasteiger partial charge in [-0.2, -0.15) is 0 Å². The molecular formula is C32H48N2O5. The topological polar surface area (TPSA) is 60.5 Å². The number of benzene rings is 2. The maximum Gasteiger partial charge on any atom is 0.410 e. The molecule has 1 fully saturated rings. The van der Waals surface area contributed by atoms with Crippen LogP contribution in [0.25, 0.3) is 0 Å². The van der Waals surface area contributed by atoms with Crippen LogP contribution in [0, 0.1) is 11.8 Å². The molecule has 7 nitrogen and oxygen atoms in total. The fourth-order valence-corrected chi connectivity index (χ4v) is 5.08. The number of methoxy groups -OCH3 is 2. The smallest absolute Gasteiger partial charge is 0.410 e. The third kappa shape index (κ3) is 9.73. The Bertz CT molecular complexity index is 1020. The van der Waals surface area contributed by atoms with E-state index in [0.717, 1.165) is 37.4 Å². The maximum absolute atomic E-state index is 13.0. The van der Waals surface area contributed by atoms with Crippen molar-refractivity contribution in [3.05, 3.63) is 59.7 Å². The Kier molecular flexibility index (Phi) is 11.5. The number of nitrogens with zero attached hydrogens (tertiary/aromatic N) is 2. The molecule has 0 spiro atoms. The second kappa shape index (κ2) is 14.6. The van der Waals surface area contributed by atoms with E-state index in [9.17, 15) is 4.79 Å². The first-order valence-corrected chi connectivity index (χ1v) is 14.1. The number of hydrogen-bond donors (Lipinski definition) is 0. The first-order chi connectivity index (χ1) is 18.6. The molecule has 1 aliphatic heterocycles. The van der Waals surface area contributed by atoms with Crippen LogP contribution in [-0.2, 0) is 22.4 Å². The molecule has 3 rings (SSSR count). The number of rotatable bonds is 13. The van der Waals surface area contributed by atoms with Gasteiger partial charge in [-0.15, -0.1) is 0 Å². The van der Waals surface area contributed by atoms with Gasteiger partial charge in [-0.25, -0.2) is 4.79 Å². The molecule has 0 aromatic heterocycles. The first-order valence-electron chi connectivity index (χ1n) is 14.1. The van der Waals surface area contributed by atoms with E-state index in [4.69, 9.17) is 18.9 Å². The van der Waals surface area contributed by atoms with Gasteiger partial charge >= 0.3 is 6.09 Å². The zero-order chi connectivity index (χ0) is 28.4. The SMILES string of the molecule is COCCCOc1cc(CN(C[C@@H]2CN(C(=O)OC(C)(C)C)C[C@H]2Cc2ccccc2)C(C)C)ccc1OC. The Morgan fingerprint density at radius 1 is 0.974 bits per heavy atom. The Morgan fingerprint density at radius 3 is 2.33 bits per heavy atom. The highest BCUT2D eigenvalue weighted by molar-refractivity contribution is 5.68. The van der Waals surface area contributed by atoms with Gasteiger partial charge in [0.15, 0.2) is 11.5 Å². The van der Waals surface area contributed by atoms with Gasteiger partial charge in [-0.1, -0.05) is 36.4 Å². The monoisotopic (exact) mass is 540 g/mol. The van der Waals surface area contributed by atoms with E-state index in [1.54, 1.807) is 14.2 Å². The highest BCUT2D eigenvalue weighted by Crippen LogP contribution is 2.32. The fourth-order valence-electron chi connectivity index (χ4n) is 5.08. The number of carbonyl (C=O) groups is 1. The van der Waals surface area contributed by atoms with Crippen LogP contribution in [0.15, 0.2) is 48.5 Å². The van der Waals surface area contributed by atoms with Gasteiger partial charge in [-0.3, -0.25) is 4.90 Å². The van der Waals surface area contributed by atoms with E-state index < -0.39 is 5.60 Å². The van der Waals surface area contributed by atoms with Gasteiger partial charge in [0.2, 0.25) is 0 Å².